The fourth-order valence-electron chi connectivity index (χ4n) is 2.21. The van der Waals surface area contributed by atoms with Crippen LogP contribution >= 0.6 is 0 Å². The molecule has 94 valence electrons. The third-order valence-corrected chi connectivity index (χ3v) is 3.57. The Balaban J connectivity index is 2.14. The summed E-state index contributed by atoms with van der Waals surface area (Å²) in [5.74, 6) is 0. The van der Waals surface area contributed by atoms with Crippen molar-refractivity contribution in [3.05, 3.63) is 64.7 Å². The number of aryl methyl sites for hydroxylation is 2. The summed E-state index contributed by atoms with van der Waals surface area (Å²) in [6.07, 6.45) is 1.09. The maximum Gasteiger partial charge on any atom is 0.0403 e. The minimum Gasteiger partial charge on any atom is -0.381 e. The molecule has 1 heteroatoms. The monoisotopic (exact) mass is 239 g/mol. The summed E-state index contributed by atoms with van der Waals surface area (Å²) in [5, 5.41) is 3.54. The fraction of sp³-hybridized carbons (Fsp3) is 0.294. The molecule has 18 heavy (non-hydrogen) atoms. The van der Waals surface area contributed by atoms with Crippen LogP contribution in [0, 0.1) is 13.8 Å². The number of benzene rings is 2. The van der Waals surface area contributed by atoms with E-state index in [1.54, 1.807) is 0 Å². The molecule has 0 unspecified atom stereocenters. The second-order valence-electron chi connectivity index (χ2n) is 4.72. The minimum absolute atomic E-state index is 0.897. The lowest BCUT2D eigenvalue weighted by molar-refractivity contribution is 1.04. The Bertz CT molecular complexity index is 529. The van der Waals surface area contributed by atoms with Crippen molar-refractivity contribution in [1.29, 1.82) is 0 Å². The summed E-state index contributed by atoms with van der Waals surface area (Å²) in [7, 11) is 0. The smallest absolute Gasteiger partial charge is 0.0403 e. The van der Waals surface area contributed by atoms with E-state index >= 15 is 0 Å². The van der Waals surface area contributed by atoms with E-state index in [-0.39, 0.29) is 0 Å². The van der Waals surface area contributed by atoms with Gasteiger partial charge in [-0.15, -0.1) is 0 Å². The highest BCUT2D eigenvalue weighted by molar-refractivity contribution is 5.54. The standard InChI is InChI=1S/C17H21N/c1-4-15-9-5-6-10-16(15)12-18-17-11-7-8-13(2)14(17)3/h5-11,18H,4,12H2,1-3H3. The second-order valence-corrected chi connectivity index (χ2v) is 4.72. The molecule has 0 bridgehead atoms. The first-order valence-corrected chi connectivity index (χ1v) is 6.59. The van der Waals surface area contributed by atoms with Crippen molar-refractivity contribution in [1.82, 2.24) is 0 Å². The van der Waals surface area contributed by atoms with Crippen LogP contribution in [0.2, 0.25) is 0 Å². The Kier molecular flexibility index (Phi) is 4.03. The van der Waals surface area contributed by atoms with Crippen molar-refractivity contribution >= 4 is 5.69 Å². The molecular weight excluding hydrogens is 218 g/mol. The van der Waals surface area contributed by atoms with Gasteiger partial charge in [0.25, 0.3) is 0 Å². The van der Waals surface area contributed by atoms with E-state index in [0.717, 1.165) is 13.0 Å². The molecule has 0 aliphatic carbocycles. The first-order chi connectivity index (χ1) is 8.72. The third kappa shape index (κ3) is 2.73. The number of nitrogens with one attached hydrogen (secondary N) is 1. The van der Waals surface area contributed by atoms with Gasteiger partial charge < -0.3 is 5.32 Å². The van der Waals surface area contributed by atoms with Gasteiger partial charge in [-0.3, -0.25) is 0 Å². The average Bonchev–Trinajstić information content (AvgIpc) is 2.41. The molecule has 2 aromatic rings. The Morgan fingerprint density at radius 2 is 1.61 bits per heavy atom. The average molecular weight is 239 g/mol. The van der Waals surface area contributed by atoms with Gasteiger partial charge in [-0.05, 0) is 48.6 Å². The molecule has 0 atom stereocenters. The van der Waals surface area contributed by atoms with Crippen LogP contribution in [0.15, 0.2) is 42.5 Å². The predicted molar refractivity (Wildman–Crippen MR) is 79.1 cm³/mol. The highest BCUT2D eigenvalue weighted by Gasteiger charge is 2.02. The molecule has 0 saturated carbocycles. The lowest BCUT2D eigenvalue weighted by Gasteiger charge is -2.13. The van der Waals surface area contributed by atoms with Crippen LogP contribution in [-0.4, -0.2) is 0 Å². The van der Waals surface area contributed by atoms with Crippen molar-refractivity contribution in [2.24, 2.45) is 0 Å². The summed E-state index contributed by atoms with van der Waals surface area (Å²) in [4.78, 5) is 0. The highest BCUT2D eigenvalue weighted by atomic mass is 14.9. The van der Waals surface area contributed by atoms with Gasteiger partial charge in [0.05, 0.1) is 0 Å². The van der Waals surface area contributed by atoms with Gasteiger partial charge in [0.1, 0.15) is 0 Å². The van der Waals surface area contributed by atoms with E-state index < -0.39 is 0 Å². The van der Waals surface area contributed by atoms with Crippen molar-refractivity contribution in [3.8, 4) is 0 Å². The molecule has 0 saturated heterocycles. The summed E-state index contributed by atoms with van der Waals surface area (Å²) in [5.41, 5.74) is 6.73. The Hall–Kier alpha value is -1.76. The van der Waals surface area contributed by atoms with Gasteiger partial charge in [0.2, 0.25) is 0 Å². The van der Waals surface area contributed by atoms with E-state index in [4.69, 9.17) is 0 Å². The molecular formula is C17H21N. The predicted octanol–water partition coefficient (Wildman–Crippen LogP) is 4.48. The minimum atomic E-state index is 0.897. The molecule has 0 radical (unpaired) electrons. The van der Waals surface area contributed by atoms with Crippen LogP contribution in [0.5, 0.6) is 0 Å². The van der Waals surface area contributed by atoms with Gasteiger partial charge in [0.15, 0.2) is 0 Å². The zero-order chi connectivity index (χ0) is 13.0. The molecule has 0 amide bonds. The molecule has 0 heterocycles. The maximum absolute atomic E-state index is 3.54. The molecule has 1 N–H and O–H groups in total. The SMILES string of the molecule is CCc1ccccc1CNc1cccc(C)c1C. The second kappa shape index (κ2) is 5.72. The molecule has 0 spiro atoms. The number of anilines is 1. The van der Waals surface area contributed by atoms with Gasteiger partial charge >= 0.3 is 0 Å². The first-order valence-electron chi connectivity index (χ1n) is 6.59. The van der Waals surface area contributed by atoms with Gasteiger partial charge in [-0.1, -0.05) is 43.3 Å². The molecule has 1 nitrogen and oxygen atoms in total. The number of hydrogen-bond donors (Lipinski definition) is 1. The van der Waals surface area contributed by atoms with E-state index in [9.17, 15) is 0 Å². The van der Waals surface area contributed by atoms with E-state index in [1.807, 2.05) is 0 Å². The molecule has 0 aromatic heterocycles. The van der Waals surface area contributed by atoms with Gasteiger partial charge in [-0.2, -0.15) is 0 Å². The lowest BCUT2D eigenvalue weighted by atomic mass is 10.0. The first kappa shape index (κ1) is 12.7. The van der Waals surface area contributed by atoms with E-state index in [0.29, 0.717) is 0 Å². The highest BCUT2D eigenvalue weighted by Crippen LogP contribution is 2.19. The maximum atomic E-state index is 3.54. The normalized spacial score (nSPS) is 10.4. The molecule has 2 aromatic carbocycles. The number of hydrogen-bond acceptors (Lipinski definition) is 1. The van der Waals surface area contributed by atoms with Crippen LogP contribution in [-0.2, 0) is 13.0 Å². The van der Waals surface area contributed by atoms with Crippen molar-refractivity contribution < 1.29 is 0 Å². The third-order valence-electron chi connectivity index (χ3n) is 3.57. The van der Waals surface area contributed by atoms with Crippen molar-refractivity contribution in [3.63, 3.8) is 0 Å². The van der Waals surface area contributed by atoms with Crippen LogP contribution in [0.1, 0.15) is 29.2 Å². The Labute approximate surface area is 110 Å². The molecule has 0 aliphatic rings. The molecule has 2 rings (SSSR count). The van der Waals surface area contributed by atoms with Gasteiger partial charge in [-0.25, -0.2) is 0 Å². The van der Waals surface area contributed by atoms with Crippen LogP contribution in [0.25, 0.3) is 0 Å². The Morgan fingerprint density at radius 3 is 2.33 bits per heavy atom. The molecule has 0 aliphatic heterocycles. The van der Waals surface area contributed by atoms with Crippen molar-refractivity contribution in [2.45, 2.75) is 33.7 Å². The van der Waals surface area contributed by atoms with Crippen LogP contribution in [0.4, 0.5) is 5.69 Å². The Morgan fingerprint density at radius 1 is 0.889 bits per heavy atom. The quantitative estimate of drug-likeness (QED) is 0.829. The lowest BCUT2D eigenvalue weighted by Crippen LogP contribution is -2.04. The van der Waals surface area contributed by atoms with E-state index in [1.165, 1.54) is 27.9 Å². The fourth-order valence-corrected chi connectivity index (χ4v) is 2.21. The zero-order valence-electron chi connectivity index (χ0n) is 11.5. The topological polar surface area (TPSA) is 12.0 Å². The summed E-state index contributed by atoms with van der Waals surface area (Å²) in [6.45, 7) is 7.43. The summed E-state index contributed by atoms with van der Waals surface area (Å²) >= 11 is 0. The van der Waals surface area contributed by atoms with Crippen molar-refractivity contribution in [2.75, 3.05) is 5.32 Å². The zero-order valence-corrected chi connectivity index (χ0v) is 11.5. The summed E-state index contributed by atoms with van der Waals surface area (Å²) < 4.78 is 0. The van der Waals surface area contributed by atoms with Crippen LogP contribution in [0.3, 0.4) is 0 Å². The number of rotatable bonds is 4. The summed E-state index contributed by atoms with van der Waals surface area (Å²) in [6, 6.07) is 15.0. The molecule has 0 fully saturated rings. The van der Waals surface area contributed by atoms with Crippen LogP contribution < -0.4 is 5.32 Å². The van der Waals surface area contributed by atoms with Gasteiger partial charge in [0, 0.05) is 12.2 Å². The largest absolute Gasteiger partial charge is 0.381 e. The van der Waals surface area contributed by atoms with E-state index in [2.05, 4.69) is 68.6 Å².